The van der Waals surface area contributed by atoms with Crippen LogP contribution in [-0.2, 0) is 10.0 Å². The lowest BCUT2D eigenvalue weighted by Gasteiger charge is -2.28. The molecule has 1 fully saturated rings. The Balaban J connectivity index is 1.75. The number of hydrogen-bond donors (Lipinski definition) is 3. The molecule has 1 aliphatic rings. The molecule has 0 radical (unpaired) electrons. The van der Waals surface area contributed by atoms with Gasteiger partial charge in [0.15, 0.2) is 0 Å². The van der Waals surface area contributed by atoms with Gasteiger partial charge < -0.3 is 10.4 Å². The molecule has 2 atom stereocenters. The summed E-state index contributed by atoms with van der Waals surface area (Å²) in [5.41, 5.74) is -0.133. The van der Waals surface area contributed by atoms with E-state index in [2.05, 4.69) is 20.0 Å². The topological polar surface area (TPSA) is 126 Å². The standard InChI is InChI=1S/C20H22IN5O4S/c1-20(28)9-3-4-16(20)26-17-12(10-15(21)18(26)27)11-23-19(25-17)24-13-5-7-14(8-6-13)31(29,30)22-2/h5-8,10-11,16,22,28H,3-4,9H2,1-2H3,(H,23,24,25)/t16-,20-/m1/s1. The zero-order valence-electron chi connectivity index (χ0n) is 17.0. The van der Waals surface area contributed by atoms with Crippen LogP contribution in [0.25, 0.3) is 11.0 Å². The van der Waals surface area contributed by atoms with Gasteiger partial charge in [-0.15, -0.1) is 0 Å². The second kappa shape index (κ2) is 8.11. The molecule has 4 rings (SSSR count). The number of fused-ring (bicyclic) bond motifs is 1. The average molecular weight is 555 g/mol. The fraction of sp³-hybridized carbons (Fsp3) is 0.350. The van der Waals surface area contributed by atoms with Crippen LogP contribution < -0.4 is 15.6 Å². The van der Waals surface area contributed by atoms with Crippen molar-refractivity contribution in [3.63, 3.8) is 0 Å². The first-order valence-electron chi connectivity index (χ1n) is 9.73. The zero-order chi connectivity index (χ0) is 22.4. The lowest BCUT2D eigenvalue weighted by Crippen LogP contribution is -2.38. The van der Waals surface area contributed by atoms with Crippen LogP contribution in [0.4, 0.5) is 11.6 Å². The lowest BCUT2D eigenvalue weighted by atomic mass is 10.00. The van der Waals surface area contributed by atoms with Gasteiger partial charge in [0.25, 0.3) is 5.56 Å². The molecule has 0 aliphatic heterocycles. The van der Waals surface area contributed by atoms with Crippen molar-refractivity contribution in [2.45, 2.75) is 42.7 Å². The highest BCUT2D eigenvalue weighted by molar-refractivity contribution is 14.1. The van der Waals surface area contributed by atoms with Crippen LogP contribution in [0.15, 0.2) is 46.2 Å². The van der Waals surface area contributed by atoms with E-state index in [9.17, 15) is 18.3 Å². The Bertz CT molecular complexity index is 1310. The smallest absolute Gasteiger partial charge is 0.266 e. The van der Waals surface area contributed by atoms with E-state index in [-0.39, 0.29) is 22.4 Å². The monoisotopic (exact) mass is 555 g/mol. The van der Waals surface area contributed by atoms with Gasteiger partial charge in [0.05, 0.1) is 20.1 Å². The SMILES string of the molecule is CNS(=O)(=O)c1ccc(Nc2ncc3cc(I)c(=O)n([C@@H]4CCC[C@@]4(C)O)c3n2)cc1. The summed E-state index contributed by atoms with van der Waals surface area (Å²) in [6.45, 7) is 1.75. The van der Waals surface area contributed by atoms with Gasteiger partial charge in [0.2, 0.25) is 16.0 Å². The van der Waals surface area contributed by atoms with Crippen LogP contribution >= 0.6 is 22.6 Å². The van der Waals surface area contributed by atoms with Crippen molar-refractivity contribution in [2.75, 3.05) is 12.4 Å². The third kappa shape index (κ3) is 4.19. The number of aromatic nitrogens is 3. The quantitative estimate of drug-likeness (QED) is 0.413. The fourth-order valence-corrected chi connectivity index (χ4v) is 5.26. The maximum atomic E-state index is 13.0. The second-order valence-electron chi connectivity index (χ2n) is 7.76. The molecule has 31 heavy (non-hydrogen) atoms. The molecule has 1 aliphatic carbocycles. The maximum Gasteiger partial charge on any atom is 0.266 e. The summed E-state index contributed by atoms with van der Waals surface area (Å²) >= 11 is 2.00. The van der Waals surface area contributed by atoms with Crippen LogP contribution in [0.1, 0.15) is 32.2 Å². The highest BCUT2D eigenvalue weighted by Crippen LogP contribution is 2.39. The van der Waals surface area contributed by atoms with Crippen molar-refractivity contribution in [1.29, 1.82) is 0 Å². The Labute approximate surface area is 193 Å². The molecule has 3 aromatic rings. The number of halogens is 1. The third-order valence-electron chi connectivity index (χ3n) is 5.61. The largest absolute Gasteiger partial charge is 0.388 e. The minimum absolute atomic E-state index is 0.145. The first kappa shape index (κ1) is 22.1. The predicted octanol–water partition coefficient (Wildman–Crippen LogP) is 2.52. The van der Waals surface area contributed by atoms with Crippen molar-refractivity contribution in [3.8, 4) is 0 Å². The predicted molar refractivity (Wildman–Crippen MR) is 126 cm³/mol. The number of pyridine rings is 1. The summed E-state index contributed by atoms with van der Waals surface area (Å²) in [4.78, 5) is 22.0. The number of anilines is 2. The zero-order valence-corrected chi connectivity index (χ0v) is 19.9. The molecule has 3 N–H and O–H groups in total. The van der Waals surface area contributed by atoms with Gasteiger partial charge in [0, 0.05) is 17.3 Å². The number of nitrogens with one attached hydrogen (secondary N) is 2. The molecule has 0 unspecified atom stereocenters. The molecule has 0 saturated heterocycles. The molecule has 11 heteroatoms. The Morgan fingerprint density at radius 3 is 2.61 bits per heavy atom. The van der Waals surface area contributed by atoms with Crippen LogP contribution in [0.5, 0.6) is 0 Å². The molecular weight excluding hydrogens is 533 g/mol. The third-order valence-corrected chi connectivity index (χ3v) is 7.81. The van der Waals surface area contributed by atoms with Crippen LogP contribution in [0.2, 0.25) is 0 Å². The van der Waals surface area contributed by atoms with Gasteiger partial charge >= 0.3 is 0 Å². The molecule has 1 aromatic carbocycles. The van der Waals surface area contributed by atoms with Gasteiger partial charge in [-0.2, -0.15) is 4.98 Å². The second-order valence-corrected chi connectivity index (χ2v) is 10.8. The Morgan fingerprint density at radius 2 is 2.00 bits per heavy atom. The molecule has 0 bridgehead atoms. The van der Waals surface area contributed by atoms with Gasteiger partial charge in [-0.25, -0.2) is 18.1 Å². The molecule has 0 spiro atoms. The minimum Gasteiger partial charge on any atom is -0.388 e. The number of hydrogen-bond acceptors (Lipinski definition) is 7. The van der Waals surface area contributed by atoms with E-state index in [1.165, 1.54) is 19.2 Å². The number of benzene rings is 1. The molecular formula is C20H22IN5O4S. The minimum atomic E-state index is -3.52. The summed E-state index contributed by atoms with van der Waals surface area (Å²) in [6, 6.07) is 7.54. The van der Waals surface area contributed by atoms with E-state index >= 15 is 0 Å². The maximum absolute atomic E-state index is 13.0. The highest BCUT2D eigenvalue weighted by Gasteiger charge is 2.39. The Kier molecular flexibility index (Phi) is 5.79. The van der Waals surface area contributed by atoms with Crippen molar-refractivity contribution in [1.82, 2.24) is 19.3 Å². The van der Waals surface area contributed by atoms with Crippen molar-refractivity contribution in [3.05, 3.63) is 50.5 Å². The fourth-order valence-electron chi connectivity index (χ4n) is 3.94. The van der Waals surface area contributed by atoms with Gasteiger partial charge in [-0.05, 0) is 86.2 Å². The molecule has 2 aromatic heterocycles. The van der Waals surface area contributed by atoms with E-state index in [0.29, 0.717) is 33.1 Å². The highest BCUT2D eigenvalue weighted by atomic mass is 127. The van der Waals surface area contributed by atoms with E-state index in [4.69, 9.17) is 0 Å². The first-order valence-corrected chi connectivity index (χ1v) is 12.3. The summed E-state index contributed by atoms with van der Waals surface area (Å²) in [6.07, 6.45) is 3.77. The van der Waals surface area contributed by atoms with Crippen molar-refractivity contribution in [2.24, 2.45) is 0 Å². The molecule has 9 nitrogen and oxygen atoms in total. The van der Waals surface area contributed by atoms with Gasteiger partial charge in [-0.1, -0.05) is 0 Å². The number of aliphatic hydroxyl groups is 1. The molecule has 1 saturated carbocycles. The molecule has 0 amide bonds. The van der Waals surface area contributed by atoms with Crippen molar-refractivity contribution < 1.29 is 13.5 Å². The van der Waals surface area contributed by atoms with Gasteiger partial charge in [0.1, 0.15) is 5.65 Å². The van der Waals surface area contributed by atoms with E-state index in [1.807, 2.05) is 22.6 Å². The number of nitrogens with zero attached hydrogens (tertiary/aromatic N) is 3. The Morgan fingerprint density at radius 1 is 1.29 bits per heavy atom. The molecule has 164 valence electrons. The lowest BCUT2D eigenvalue weighted by molar-refractivity contribution is 0.0266. The molecule has 2 heterocycles. The van der Waals surface area contributed by atoms with Crippen LogP contribution in [-0.4, -0.2) is 40.7 Å². The summed E-state index contributed by atoms with van der Waals surface area (Å²) in [7, 11) is -2.17. The van der Waals surface area contributed by atoms with E-state index in [0.717, 1.165) is 6.42 Å². The normalized spacial score (nSPS) is 21.5. The van der Waals surface area contributed by atoms with E-state index in [1.54, 1.807) is 35.9 Å². The number of sulfonamides is 1. The van der Waals surface area contributed by atoms with Crippen molar-refractivity contribution >= 4 is 55.3 Å². The number of rotatable bonds is 5. The van der Waals surface area contributed by atoms with E-state index < -0.39 is 15.6 Å². The average Bonchev–Trinajstić information content (AvgIpc) is 3.08. The summed E-state index contributed by atoms with van der Waals surface area (Å²) < 4.78 is 28.2. The Hall–Kier alpha value is -2.09. The van der Waals surface area contributed by atoms with Crippen LogP contribution in [0.3, 0.4) is 0 Å². The summed E-state index contributed by atoms with van der Waals surface area (Å²) in [5.74, 6) is 0.267. The first-order chi connectivity index (χ1) is 14.6. The summed E-state index contributed by atoms with van der Waals surface area (Å²) in [5, 5.41) is 14.6. The van der Waals surface area contributed by atoms with Gasteiger partial charge in [-0.3, -0.25) is 9.36 Å². The van der Waals surface area contributed by atoms with Crippen LogP contribution in [0, 0.1) is 3.57 Å².